The minimum absolute atomic E-state index is 0.286. The van der Waals surface area contributed by atoms with Gasteiger partial charge >= 0.3 is 12.1 Å². The van der Waals surface area contributed by atoms with E-state index in [1.54, 1.807) is 27.9 Å². The van der Waals surface area contributed by atoms with Crippen LogP contribution in [0.3, 0.4) is 0 Å². The van der Waals surface area contributed by atoms with Crippen LogP contribution in [0.15, 0.2) is 24.3 Å². The molecule has 0 unspecified atom stereocenters. The first-order valence-electron chi connectivity index (χ1n) is 9.37. The average Bonchev–Trinajstić information content (AvgIpc) is 2.59. The summed E-state index contributed by atoms with van der Waals surface area (Å²) in [5.74, 6) is 1.31. The molecular weight excluding hydrogens is 378 g/mol. The smallest absolute Gasteiger partial charge is 0.407 e. The Morgan fingerprint density at radius 1 is 1.11 bits per heavy atom. The monoisotopic (exact) mass is 411 g/mol. The highest BCUT2D eigenvalue weighted by atomic mass is 32.2. The molecule has 28 heavy (non-hydrogen) atoms. The number of hydrogen-bond acceptors (Lipinski definition) is 6. The maximum absolute atomic E-state index is 12.5. The topological polar surface area (TPSA) is 73.9 Å². The molecule has 0 spiro atoms. The summed E-state index contributed by atoms with van der Waals surface area (Å²) in [6.07, 6.45) is 0.103. The van der Waals surface area contributed by atoms with E-state index in [1.807, 2.05) is 38.1 Å². The number of nitrogens with one attached hydrogen (secondary N) is 1. The highest BCUT2D eigenvalue weighted by molar-refractivity contribution is 7.99. The molecule has 1 rings (SSSR count). The summed E-state index contributed by atoms with van der Waals surface area (Å²) in [4.78, 5) is 24.8. The average molecular weight is 412 g/mol. The zero-order valence-corrected chi connectivity index (χ0v) is 18.7. The molecule has 0 saturated heterocycles. The lowest BCUT2D eigenvalue weighted by atomic mass is 10.0. The van der Waals surface area contributed by atoms with Gasteiger partial charge < -0.3 is 19.5 Å². The molecule has 0 aromatic heterocycles. The Morgan fingerprint density at radius 2 is 1.71 bits per heavy atom. The molecule has 6 nitrogen and oxygen atoms in total. The van der Waals surface area contributed by atoms with Gasteiger partial charge in [-0.05, 0) is 50.8 Å². The molecule has 0 fully saturated rings. The number of carbonyl (C=O) groups excluding carboxylic acids is 2. The second-order valence-corrected chi connectivity index (χ2v) is 9.11. The van der Waals surface area contributed by atoms with Gasteiger partial charge in [-0.25, -0.2) is 4.79 Å². The van der Waals surface area contributed by atoms with Gasteiger partial charge in [-0.15, -0.1) is 11.8 Å². The quantitative estimate of drug-likeness (QED) is 0.607. The van der Waals surface area contributed by atoms with E-state index in [1.165, 1.54) is 18.9 Å². The van der Waals surface area contributed by atoms with Crippen LogP contribution in [-0.4, -0.2) is 43.2 Å². The number of ether oxygens (including phenoxy) is 3. The van der Waals surface area contributed by atoms with Crippen LogP contribution in [0, 0.1) is 5.92 Å². The molecule has 1 aromatic rings. The highest BCUT2D eigenvalue weighted by Gasteiger charge is 2.32. The minimum atomic E-state index is -0.608. The van der Waals surface area contributed by atoms with Crippen molar-refractivity contribution >= 4 is 23.8 Å². The Balaban J connectivity index is 2.92. The van der Waals surface area contributed by atoms with E-state index in [0.29, 0.717) is 12.2 Å². The zero-order valence-electron chi connectivity index (χ0n) is 17.9. The number of thioether (sulfide) groups is 1. The van der Waals surface area contributed by atoms with Gasteiger partial charge in [-0.2, -0.15) is 0 Å². The van der Waals surface area contributed by atoms with Crippen molar-refractivity contribution < 1.29 is 23.8 Å². The Labute approximate surface area is 172 Å². The molecule has 0 bridgehead atoms. The normalized spacial score (nSPS) is 13.6. The predicted octanol–water partition coefficient (Wildman–Crippen LogP) is 4.41. The minimum Gasteiger partial charge on any atom is -0.497 e. The number of benzene rings is 1. The fourth-order valence-electron chi connectivity index (χ4n) is 2.60. The predicted molar refractivity (Wildman–Crippen MR) is 113 cm³/mol. The molecule has 0 aliphatic rings. The fourth-order valence-corrected chi connectivity index (χ4v) is 3.81. The second kappa shape index (κ2) is 11.2. The molecule has 1 N–H and O–H groups in total. The summed E-state index contributed by atoms with van der Waals surface area (Å²) in [7, 11) is 2.99. The largest absolute Gasteiger partial charge is 0.497 e. The number of rotatable bonds is 9. The first kappa shape index (κ1) is 24.1. The third-order valence-corrected chi connectivity index (χ3v) is 5.20. The standard InChI is InChI=1S/C21H33NO5S/c1-14(2)12-17(22-20(24)27-21(3,4)5)18(19(23)26-7)28-13-15-8-10-16(25-6)11-9-15/h8-11,14,17-18H,12-13H2,1-7H3,(H,22,24)/t17-,18-/m0/s1. The molecule has 0 aliphatic heterocycles. The van der Waals surface area contributed by atoms with E-state index in [-0.39, 0.29) is 11.9 Å². The van der Waals surface area contributed by atoms with Crippen LogP contribution in [0.4, 0.5) is 4.79 Å². The lowest BCUT2D eigenvalue weighted by molar-refractivity contribution is -0.140. The number of carbonyl (C=O) groups is 2. The van der Waals surface area contributed by atoms with Gasteiger partial charge in [0.05, 0.1) is 20.3 Å². The zero-order chi connectivity index (χ0) is 21.3. The Kier molecular flexibility index (Phi) is 9.65. The van der Waals surface area contributed by atoms with Crippen molar-refractivity contribution in [2.45, 2.75) is 63.7 Å². The van der Waals surface area contributed by atoms with Crippen LogP contribution in [0.1, 0.15) is 46.6 Å². The third kappa shape index (κ3) is 8.87. The number of alkyl carbamates (subject to hydrolysis) is 1. The highest BCUT2D eigenvalue weighted by Crippen LogP contribution is 2.26. The Hall–Kier alpha value is -1.89. The number of methoxy groups -OCH3 is 2. The molecular formula is C21H33NO5S. The van der Waals surface area contributed by atoms with Gasteiger partial charge in [0, 0.05) is 5.75 Å². The van der Waals surface area contributed by atoms with Gasteiger partial charge in [0.1, 0.15) is 16.6 Å². The molecule has 7 heteroatoms. The molecule has 0 saturated carbocycles. The molecule has 1 amide bonds. The summed E-state index contributed by atoms with van der Waals surface area (Å²) in [6.45, 7) is 9.51. The van der Waals surface area contributed by atoms with Gasteiger partial charge in [-0.3, -0.25) is 4.79 Å². The van der Waals surface area contributed by atoms with Crippen molar-refractivity contribution in [1.82, 2.24) is 5.32 Å². The third-order valence-electron chi connectivity index (χ3n) is 3.82. The Bertz CT molecular complexity index is 625. The molecule has 1 aromatic carbocycles. The molecule has 2 atom stereocenters. The second-order valence-electron chi connectivity index (χ2n) is 7.99. The van der Waals surface area contributed by atoms with Crippen LogP contribution in [0.2, 0.25) is 0 Å². The van der Waals surface area contributed by atoms with Crippen molar-refractivity contribution in [3.63, 3.8) is 0 Å². The van der Waals surface area contributed by atoms with Crippen molar-refractivity contribution in [2.75, 3.05) is 14.2 Å². The molecule has 158 valence electrons. The lowest BCUT2D eigenvalue weighted by Crippen LogP contribution is -2.48. The van der Waals surface area contributed by atoms with E-state index in [2.05, 4.69) is 5.32 Å². The van der Waals surface area contributed by atoms with Crippen molar-refractivity contribution in [1.29, 1.82) is 0 Å². The number of amides is 1. The number of esters is 1. The summed E-state index contributed by atoms with van der Waals surface area (Å²) in [5, 5.41) is 2.33. The van der Waals surface area contributed by atoms with Crippen molar-refractivity contribution in [3.8, 4) is 5.75 Å². The van der Waals surface area contributed by atoms with Crippen molar-refractivity contribution in [3.05, 3.63) is 29.8 Å². The van der Waals surface area contributed by atoms with E-state index in [4.69, 9.17) is 14.2 Å². The van der Waals surface area contributed by atoms with Gasteiger partial charge in [0.25, 0.3) is 0 Å². The van der Waals surface area contributed by atoms with Crippen LogP contribution < -0.4 is 10.1 Å². The summed E-state index contributed by atoms with van der Waals surface area (Å²) < 4.78 is 15.6. The van der Waals surface area contributed by atoms with Crippen LogP contribution in [0.5, 0.6) is 5.75 Å². The van der Waals surface area contributed by atoms with E-state index < -0.39 is 23.0 Å². The Morgan fingerprint density at radius 3 is 2.18 bits per heavy atom. The summed E-state index contributed by atoms with van der Waals surface area (Å²) in [5.41, 5.74) is 0.448. The lowest BCUT2D eigenvalue weighted by Gasteiger charge is -2.29. The van der Waals surface area contributed by atoms with Gasteiger partial charge in [0.2, 0.25) is 0 Å². The van der Waals surface area contributed by atoms with E-state index in [0.717, 1.165) is 11.3 Å². The molecule has 0 radical (unpaired) electrons. The fraction of sp³-hybridized carbons (Fsp3) is 0.619. The maximum Gasteiger partial charge on any atom is 0.407 e. The maximum atomic E-state index is 12.5. The summed E-state index contributed by atoms with van der Waals surface area (Å²) in [6, 6.07) is 7.28. The van der Waals surface area contributed by atoms with Crippen LogP contribution >= 0.6 is 11.8 Å². The number of hydrogen-bond donors (Lipinski definition) is 1. The van der Waals surface area contributed by atoms with Crippen LogP contribution in [-0.2, 0) is 20.0 Å². The summed E-state index contributed by atoms with van der Waals surface area (Å²) >= 11 is 1.45. The van der Waals surface area contributed by atoms with Gasteiger partial charge in [-0.1, -0.05) is 26.0 Å². The first-order valence-corrected chi connectivity index (χ1v) is 10.4. The van der Waals surface area contributed by atoms with Gasteiger partial charge in [0.15, 0.2) is 0 Å². The van der Waals surface area contributed by atoms with E-state index in [9.17, 15) is 9.59 Å². The van der Waals surface area contributed by atoms with Crippen molar-refractivity contribution in [2.24, 2.45) is 5.92 Å². The molecule has 0 heterocycles. The SMILES string of the molecule is COC(=O)[C@@H](SCc1ccc(OC)cc1)[C@H](CC(C)C)NC(=O)OC(C)(C)C. The first-order chi connectivity index (χ1) is 13.1. The van der Waals surface area contributed by atoms with E-state index >= 15 is 0 Å². The molecule has 0 aliphatic carbocycles. The van der Waals surface area contributed by atoms with Crippen LogP contribution in [0.25, 0.3) is 0 Å².